The Morgan fingerprint density at radius 2 is 2.11 bits per heavy atom. The fraction of sp³-hybridized carbons (Fsp3) is 0.200. The molecule has 0 radical (unpaired) electrons. The molecular weight excluding hydrogens is 372 g/mol. The molecule has 0 atom stereocenters. The van der Waals surface area contributed by atoms with Crippen LogP contribution in [-0.4, -0.2) is 32.3 Å². The molecule has 0 aliphatic carbocycles. The summed E-state index contributed by atoms with van der Waals surface area (Å²) in [6.07, 6.45) is 1.56. The fourth-order valence-corrected chi connectivity index (χ4v) is 4.04. The fourth-order valence-electron chi connectivity index (χ4n) is 3.40. The number of carbonyl (C=O) groups excluding carboxylic acids is 1. The highest BCUT2D eigenvalue weighted by Gasteiger charge is 2.21. The van der Waals surface area contributed by atoms with Gasteiger partial charge in [-0.15, -0.1) is 15.3 Å². The summed E-state index contributed by atoms with van der Waals surface area (Å²) in [5.41, 5.74) is 3.77. The van der Waals surface area contributed by atoms with Gasteiger partial charge in [-0.25, -0.2) is 0 Å². The van der Waals surface area contributed by atoms with Gasteiger partial charge in [-0.2, -0.15) is 15.9 Å². The van der Waals surface area contributed by atoms with Crippen molar-refractivity contribution in [3.63, 3.8) is 0 Å². The van der Waals surface area contributed by atoms with Gasteiger partial charge in [-0.3, -0.25) is 4.79 Å². The summed E-state index contributed by atoms with van der Waals surface area (Å²) >= 11 is 1.62. The standard InChI is InChI=1S/C20H18N6OS/c27-19-5-2-9-25(19)16-4-1-3-14(11-16)12-21-17-6-7-18-22-23-20(26(18)24-17)15-8-10-28-13-15/h1,3-4,6-8,10-11,13H,2,5,9,12H2,(H,21,24). The van der Waals surface area contributed by atoms with Gasteiger partial charge < -0.3 is 10.2 Å². The number of nitrogens with zero attached hydrogens (tertiary/aromatic N) is 5. The van der Waals surface area contributed by atoms with E-state index < -0.39 is 0 Å². The van der Waals surface area contributed by atoms with Gasteiger partial charge in [-0.05, 0) is 47.7 Å². The number of nitrogens with one attached hydrogen (secondary N) is 1. The molecule has 28 heavy (non-hydrogen) atoms. The average Bonchev–Trinajstić information content (AvgIpc) is 3.46. The van der Waals surface area contributed by atoms with Crippen molar-refractivity contribution in [1.29, 1.82) is 0 Å². The molecule has 1 N–H and O–H groups in total. The number of rotatable bonds is 5. The molecule has 1 amide bonds. The predicted octanol–water partition coefficient (Wildman–Crippen LogP) is 3.59. The number of amides is 1. The number of hydrogen-bond acceptors (Lipinski definition) is 6. The van der Waals surface area contributed by atoms with Gasteiger partial charge in [0, 0.05) is 36.1 Å². The van der Waals surface area contributed by atoms with E-state index in [0.29, 0.717) is 18.6 Å². The lowest BCUT2D eigenvalue weighted by molar-refractivity contribution is -0.117. The largest absolute Gasteiger partial charge is 0.365 e. The minimum atomic E-state index is 0.200. The third-order valence-electron chi connectivity index (χ3n) is 4.81. The molecule has 1 fully saturated rings. The SMILES string of the molecule is O=C1CCCN1c1cccc(CNc2ccc3nnc(-c4ccsc4)n3n2)c1. The number of fused-ring (bicyclic) bond motifs is 1. The lowest BCUT2D eigenvalue weighted by Crippen LogP contribution is -2.23. The Balaban J connectivity index is 1.36. The molecule has 0 saturated carbocycles. The van der Waals surface area contributed by atoms with Gasteiger partial charge in [0.25, 0.3) is 0 Å². The first-order chi connectivity index (χ1) is 13.8. The summed E-state index contributed by atoms with van der Waals surface area (Å²) in [5, 5.41) is 20.5. The zero-order chi connectivity index (χ0) is 18.9. The molecule has 7 nitrogen and oxygen atoms in total. The summed E-state index contributed by atoms with van der Waals surface area (Å²) in [6.45, 7) is 1.41. The second-order valence-electron chi connectivity index (χ2n) is 6.70. The number of aromatic nitrogens is 4. The molecule has 0 unspecified atom stereocenters. The van der Waals surface area contributed by atoms with Crippen LogP contribution in [0.5, 0.6) is 0 Å². The molecule has 4 aromatic rings. The van der Waals surface area contributed by atoms with Gasteiger partial charge in [0.05, 0.1) is 0 Å². The number of hydrogen-bond donors (Lipinski definition) is 1. The molecule has 1 aliphatic rings. The maximum atomic E-state index is 12.0. The van der Waals surface area contributed by atoms with E-state index in [1.807, 2.05) is 52.1 Å². The van der Waals surface area contributed by atoms with Crippen LogP contribution < -0.4 is 10.2 Å². The second kappa shape index (κ2) is 7.05. The molecule has 0 bridgehead atoms. The van der Waals surface area contributed by atoms with Crippen molar-refractivity contribution in [2.75, 3.05) is 16.8 Å². The van der Waals surface area contributed by atoms with Gasteiger partial charge >= 0.3 is 0 Å². The Labute approximate surface area is 165 Å². The van der Waals surface area contributed by atoms with Gasteiger partial charge in [0.1, 0.15) is 5.82 Å². The van der Waals surface area contributed by atoms with E-state index in [1.54, 1.807) is 15.9 Å². The lowest BCUT2D eigenvalue weighted by Gasteiger charge is -2.16. The van der Waals surface area contributed by atoms with Gasteiger partial charge in [0.15, 0.2) is 11.5 Å². The molecular formula is C20H18N6OS. The average molecular weight is 390 g/mol. The smallest absolute Gasteiger partial charge is 0.227 e. The van der Waals surface area contributed by atoms with Crippen molar-refractivity contribution in [2.45, 2.75) is 19.4 Å². The monoisotopic (exact) mass is 390 g/mol. The summed E-state index contributed by atoms with van der Waals surface area (Å²) in [5.74, 6) is 1.67. The van der Waals surface area contributed by atoms with Crippen molar-refractivity contribution >= 4 is 34.4 Å². The zero-order valence-corrected chi connectivity index (χ0v) is 15.9. The van der Waals surface area contributed by atoms with Crippen molar-refractivity contribution in [3.8, 4) is 11.4 Å². The summed E-state index contributed by atoms with van der Waals surface area (Å²) in [6, 6.07) is 13.9. The minimum absolute atomic E-state index is 0.200. The Kier molecular flexibility index (Phi) is 4.25. The third kappa shape index (κ3) is 3.11. The van der Waals surface area contributed by atoms with Crippen LogP contribution in [-0.2, 0) is 11.3 Å². The van der Waals surface area contributed by atoms with Crippen LogP contribution >= 0.6 is 11.3 Å². The number of thiophene rings is 1. The Morgan fingerprint density at radius 1 is 1.14 bits per heavy atom. The summed E-state index contributed by atoms with van der Waals surface area (Å²) in [7, 11) is 0. The maximum absolute atomic E-state index is 12.0. The highest BCUT2D eigenvalue weighted by Crippen LogP contribution is 2.23. The Morgan fingerprint density at radius 3 is 2.93 bits per heavy atom. The first-order valence-electron chi connectivity index (χ1n) is 9.16. The zero-order valence-electron chi connectivity index (χ0n) is 15.1. The van der Waals surface area contributed by atoms with Crippen molar-refractivity contribution in [1.82, 2.24) is 19.8 Å². The Hall–Kier alpha value is -3.26. The van der Waals surface area contributed by atoms with E-state index >= 15 is 0 Å². The molecule has 140 valence electrons. The highest BCUT2D eigenvalue weighted by molar-refractivity contribution is 7.08. The van der Waals surface area contributed by atoms with Gasteiger partial charge in [-0.1, -0.05) is 12.1 Å². The summed E-state index contributed by atoms with van der Waals surface area (Å²) < 4.78 is 1.75. The van der Waals surface area contributed by atoms with E-state index in [2.05, 4.69) is 26.7 Å². The quantitative estimate of drug-likeness (QED) is 0.564. The maximum Gasteiger partial charge on any atom is 0.227 e. The van der Waals surface area contributed by atoms with E-state index in [0.717, 1.165) is 41.4 Å². The molecule has 1 saturated heterocycles. The molecule has 8 heteroatoms. The molecule has 5 rings (SSSR count). The van der Waals surface area contributed by atoms with Crippen LogP contribution in [0.1, 0.15) is 18.4 Å². The Bertz CT molecular complexity index is 1140. The van der Waals surface area contributed by atoms with Crippen LogP contribution in [0.4, 0.5) is 11.5 Å². The van der Waals surface area contributed by atoms with Crippen molar-refractivity contribution < 1.29 is 4.79 Å². The number of carbonyl (C=O) groups is 1. The predicted molar refractivity (Wildman–Crippen MR) is 109 cm³/mol. The molecule has 4 heterocycles. The lowest BCUT2D eigenvalue weighted by atomic mass is 10.2. The van der Waals surface area contributed by atoms with E-state index in [-0.39, 0.29) is 5.91 Å². The molecule has 1 aliphatic heterocycles. The highest BCUT2D eigenvalue weighted by atomic mass is 32.1. The summed E-state index contributed by atoms with van der Waals surface area (Å²) in [4.78, 5) is 13.8. The number of benzene rings is 1. The van der Waals surface area contributed by atoms with Crippen LogP contribution in [0.3, 0.4) is 0 Å². The molecule has 1 aromatic carbocycles. The van der Waals surface area contributed by atoms with Crippen LogP contribution in [0.2, 0.25) is 0 Å². The van der Waals surface area contributed by atoms with Crippen LogP contribution in [0, 0.1) is 0 Å². The van der Waals surface area contributed by atoms with E-state index in [1.165, 1.54) is 0 Å². The van der Waals surface area contributed by atoms with Gasteiger partial charge in [0.2, 0.25) is 5.91 Å². The van der Waals surface area contributed by atoms with Crippen molar-refractivity contribution in [3.05, 3.63) is 58.8 Å². The third-order valence-corrected chi connectivity index (χ3v) is 5.49. The minimum Gasteiger partial charge on any atom is -0.365 e. The topological polar surface area (TPSA) is 75.4 Å². The molecule has 3 aromatic heterocycles. The molecule has 0 spiro atoms. The van der Waals surface area contributed by atoms with Crippen LogP contribution in [0.25, 0.3) is 17.0 Å². The normalized spacial score (nSPS) is 14.1. The first kappa shape index (κ1) is 16.9. The van der Waals surface area contributed by atoms with E-state index in [4.69, 9.17) is 0 Å². The van der Waals surface area contributed by atoms with E-state index in [9.17, 15) is 4.79 Å². The second-order valence-corrected chi connectivity index (χ2v) is 7.48. The van der Waals surface area contributed by atoms with Crippen molar-refractivity contribution in [2.24, 2.45) is 0 Å². The number of anilines is 2. The van der Waals surface area contributed by atoms with Crippen LogP contribution in [0.15, 0.2) is 53.2 Å². The first-order valence-corrected chi connectivity index (χ1v) is 10.1.